The van der Waals surface area contributed by atoms with E-state index in [4.69, 9.17) is 5.11 Å². The summed E-state index contributed by atoms with van der Waals surface area (Å²) in [6, 6.07) is 9.40. The van der Waals surface area contributed by atoms with Crippen molar-refractivity contribution in [3.63, 3.8) is 0 Å². The summed E-state index contributed by atoms with van der Waals surface area (Å²) in [4.78, 5) is 10.7. The molecule has 2 N–H and O–H groups in total. The summed E-state index contributed by atoms with van der Waals surface area (Å²) in [5.74, 6) is -0.821. The van der Waals surface area contributed by atoms with Crippen LogP contribution in [0, 0.1) is 0 Å². The van der Waals surface area contributed by atoms with E-state index in [0.717, 1.165) is 23.5 Å². The minimum absolute atomic E-state index is 0.0416. The molecule has 2 aromatic rings. The molecule has 0 saturated carbocycles. The molecule has 0 aliphatic heterocycles. The van der Waals surface area contributed by atoms with Crippen LogP contribution in [0.4, 0.5) is 5.69 Å². The number of carbonyl (C=O) groups is 1. The number of anilines is 1. The molecule has 0 atom stereocenters. The SMILES string of the molecule is CCn1ccc(CNc2cccc(CC(=O)O)c2)n1. The van der Waals surface area contributed by atoms with E-state index in [9.17, 15) is 4.79 Å². The van der Waals surface area contributed by atoms with Crippen LogP contribution in [-0.4, -0.2) is 20.9 Å². The molecule has 0 saturated heterocycles. The van der Waals surface area contributed by atoms with Crippen molar-refractivity contribution in [2.24, 2.45) is 0 Å². The van der Waals surface area contributed by atoms with E-state index >= 15 is 0 Å². The Bertz CT molecular complexity index is 563. The number of benzene rings is 1. The van der Waals surface area contributed by atoms with Gasteiger partial charge in [-0.3, -0.25) is 9.48 Å². The van der Waals surface area contributed by atoms with Gasteiger partial charge in [0.2, 0.25) is 0 Å². The number of nitrogens with zero attached hydrogens (tertiary/aromatic N) is 2. The average molecular weight is 259 g/mol. The first-order valence-corrected chi connectivity index (χ1v) is 6.24. The van der Waals surface area contributed by atoms with Crippen LogP contribution in [0.5, 0.6) is 0 Å². The number of aryl methyl sites for hydroxylation is 1. The predicted molar refractivity (Wildman–Crippen MR) is 73.0 cm³/mol. The van der Waals surface area contributed by atoms with Crippen LogP contribution in [0.25, 0.3) is 0 Å². The Kier molecular flexibility index (Phi) is 4.18. The Morgan fingerprint density at radius 3 is 2.95 bits per heavy atom. The van der Waals surface area contributed by atoms with Crippen LogP contribution in [-0.2, 0) is 24.3 Å². The zero-order chi connectivity index (χ0) is 13.7. The second-order valence-electron chi connectivity index (χ2n) is 4.29. The Balaban J connectivity index is 1.97. The van der Waals surface area contributed by atoms with Crippen LogP contribution in [0.3, 0.4) is 0 Å². The number of aromatic nitrogens is 2. The van der Waals surface area contributed by atoms with Crippen LogP contribution in [0.2, 0.25) is 0 Å². The normalized spacial score (nSPS) is 10.4. The molecule has 0 fully saturated rings. The number of carboxylic acids is 1. The lowest BCUT2D eigenvalue weighted by molar-refractivity contribution is -0.136. The third kappa shape index (κ3) is 3.84. The van der Waals surface area contributed by atoms with E-state index < -0.39 is 5.97 Å². The Morgan fingerprint density at radius 2 is 2.26 bits per heavy atom. The van der Waals surface area contributed by atoms with Gasteiger partial charge in [-0.05, 0) is 30.7 Å². The van der Waals surface area contributed by atoms with Crippen molar-refractivity contribution in [3.05, 3.63) is 47.8 Å². The maximum absolute atomic E-state index is 10.7. The monoisotopic (exact) mass is 259 g/mol. The minimum Gasteiger partial charge on any atom is -0.481 e. The molecule has 0 aliphatic rings. The molecule has 0 amide bonds. The first-order chi connectivity index (χ1) is 9.17. The molecular formula is C14H17N3O2. The molecule has 100 valence electrons. The van der Waals surface area contributed by atoms with Crippen molar-refractivity contribution >= 4 is 11.7 Å². The molecule has 0 radical (unpaired) electrons. The fourth-order valence-corrected chi connectivity index (χ4v) is 1.83. The summed E-state index contributed by atoms with van der Waals surface area (Å²) in [5.41, 5.74) is 2.66. The average Bonchev–Trinajstić information content (AvgIpc) is 2.84. The lowest BCUT2D eigenvalue weighted by Crippen LogP contribution is -2.04. The number of nitrogens with one attached hydrogen (secondary N) is 1. The maximum Gasteiger partial charge on any atom is 0.307 e. The lowest BCUT2D eigenvalue weighted by Gasteiger charge is -2.06. The van der Waals surface area contributed by atoms with E-state index in [-0.39, 0.29) is 6.42 Å². The second kappa shape index (κ2) is 6.04. The molecule has 5 heteroatoms. The molecule has 0 bridgehead atoms. The van der Waals surface area contributed by atoms with E-state index in [2.05, 4.69) is 10.4 Å². The third-order valence-electron chi connectivity index (χ3n) is 2.78. The van der Waals surface area contributed by atoms with Crippen molar-refractivity contribution in [3.8, 4) is 0 Å². The minimum atomic E-state index is -0.821. The largest absolute Gasteiger partial charge is 0.481 e. The lowest BCUT2D eigenvalue weighted by atomic mass is 10.1. The summed E-state index contributed by atoms with van der Waals surface area (Å²) in [5, 5.41) is 16.4. The first-order valence-electron chi connectivity index (χ1n) is 6.24. The van der Waals surface area contributed by atoms with E-state index in [1.807, 2.05) is 48.1 Å². The fraction of sp³-hybridized carbons (Fsp3) is 0.286. The van der Waals surface area contributed by atoms with Crippen molar-refractivity contribution in [2.75, 3.05) is 5.32 Å². The summed E-state index contributed by atoms with van der Waals surface area (Å²) in [6.07, 6.45) is 1.98. The van der Waals surface area contributed by atoms with E-state index in [1.165, 1.54) is 0 Å². The molecular weight excluding hydrogens is 242 g/mol. The van der Waals surface area contributed by atoms with Gasteiger partial charge in [-0.25, -0.2) is 0 Å². The van der Waals surface area contributed by atoms with Gasteiger partial charge in [-0.15, -0.1) is 0 Å². The third-order valence-corrected chi connectivity index (χ3v) is 2.78. The van der Waals surface area contributed by atoms with Crippen LogP contribution in [0.1, 0.15) is 18.2 Å². The molecule has 5 nitrogen and oxygen atoms in total. The first kappa shape index (κ1) is 13.1. The van der Waals surface area contributed by atoms with Crippen molar-refractivity contribution in [1.82, 2.24) is 9.78 Å². The smallest absolute Gasteiger partial charge is 0.307 e. The second-order valence-corrected chi connectivity index (χ2v) is 4.29. The van der Waals surface area contributed by atoms with Gasteiger partial charge in [0.15, 0.2) is 0 Å². The fourth-order valence-electron chi connectivity index (χ4n) is 1.83. The van der Waals surface area contributed by atoms with Crippen LogP contribution >= 0.6 is 0 Å². The predicted octanol–water partition coefficient (Wildman–Crippen LogP) is 2.14. The van der Waals surface area contributed by atoms with Crippen LogP contribution < -0.4 is 5.32 Å². The Labute approximate surface area is 111 Å². The standard InChI is InChI=1S/C14H17N3O2/c1-2-17-7-6-13(16-17)10-15-12-5-3-4-11(8-12)9-14(18)19/h3-8,15H,2,9-10H2,1H3,(H,18,19). The van der Waals surface area contributed by atoms with Crippen molar-refractivity contribution in [2.45, 2.75) is 26.4 Å². The van der Waals surface area contributed by atoms with Gasteiger partial charge in [0.1, 0.15) is 0 Å². The van der Waals surface area contributed by atoms with Gasteiger partial charge >= 0.3 is 5.97 Å². The molecule has 2 rings (SSSR count). The van der Waals surface area contributed by atoms with Gasteiger partial charge in [0, 0.05) is 18.4 Å². The summed E-state index contributed by atoms with van der Waals surface area (Å²) in [7, 11) is 0. The van der Waals surface area contributed by atoms with Gasteiger partial charge in [0.25, 0.3) is 0 Å². The van der Waals surface area contributed by atoms with Crippen molar-refractivity contribution in [1.29, 1.82) is 0 Å². The summed E-state index contributed by atoms with van der Waals surface area (Å²) >= 11 is 0. The zero-order valence-electron chi connectivity index (χ0n) is 10.8. The molecule has 1 heterocycles. The number of hydrogen-bond acceptors (Lipinski definition) is 3. The zero-order valence-corrected chi connectivity index (χ0v) is 10.8. The number of carboxylic acid groups (broad SMARTS) is 1. The van der Waals surface area contributed by atoms with E-state index in [1.54, 1.807) is 0 Å². The highest BCUT2D eigenvalue weighted by Gasteiger charge is 2.02. The molecule has 1 aromatic heterocycles. The highest BCUT2D eigenvalue weighted by atomic mass is 16.4. The van der Waals surface area contributed by atoms with Gasteiger partial charge in [-0.1, -0.05) is 12.1 Å². The number of aliphatic carboxylic acids is 1. The quantitative estimate of drug-likeness (QED) is 0.834. The van der Waals surface area contributed by atoms with Crippen molar-refractivity contribution < 1.29 is 9.90 Å². The Hall–Kier alpha value is -2.30. The molecule has 0 spiro atoms. The maximum atomic E-state index is 10.7. The Morgan fingerprint density at radius 1 is 1.42 bits per heavy atom. The molecule has 0 aliphatic carbocycles. The summed E-state index contributed by atoms with van der Waals surface area (Å²) < 4.78 is 1.87. The summed E-state index contributed by atoms with van der Waals surface area (Å²) in [6.45, 7) is 3.53. The van der Waals surface area contributed by atoms with Gasteiger partial charge in [0.05, 0.1) is 18.7 Å². The highest BCUT2D eigenvalue weighted by Crippen LogP contribution is 2.12. The molecule has 0 unspecified atom stereocenters. The molecule has 19 heavy (non-hydrogen) atoms. The number of hydrogen-bond donors (Lipinski definition) is 2. The van der Waals surface area contributed by atoms with E-state index in [0.29, 0.717) is 6.54 Å². The number of rotatable bonds is 6. The van der Waals surface area contributed by atoms with Crippen LogP contribution in [0.15, 0.2) is 36.5 Å². The van der Waals surface area contributed by atoms with Gasteiger partial charge < -0.3 is 10.4 Å². The molecule has 1 aromatic carbocycles. The topological polar surface area (TPSA) is 67.2 Å². The van der Waals surface area contributed by atoms with Gasteiger partial charge in [-0.2, -0.15) is 5.10 Å². The highest BCUT2D eigenvalue weighted by molar-refractivity contribution is 5.70.